The fourth-order valence-electron chi connectivity index (χ4n) is 4.81. The van der Waals surface area contributed by atoms with Gasteiger partial charge in [-0.3, -0.25) is 14.5 Å². The zero-order valence-electron chi connectivity index (χ0n) is 23.9. The number of hydrogen-bond acceptors (Lipinski definition) is 9. The van der Waals surface area contributed by atoms with Gasteiger partial charge in [-0.05, 0) is 24.4 Å². The number of nitrogens with two attached hydrogens (primary N) is 1. The van der Waals surface area contributed by atoms with Crippen molar-refractivity contribution in [2.24, 2.45) is 11.7 Å². The number of hydrogen-bond donors (Lipinski definition) is 5. The number of carboxylic acid groups (broad SMARTS) is 2. The van der Waals surface area contributed by atoms with Gasteiger partial charge in [-0.2, -0.15) is 0 Å². The molecule has 1 amide bonds. The van der Waals surface area contributed by atoms with Gasteiger partial charge in [-0.15, -0.1) is 0 Å². The molecule has 3 aromatic rings. The molecule has 0 saturated carbocycles. The number of ether oxygens (including phenoxy) is 1. The smallest absolute Gasteiger partial charge is 0.404 e. The van der Waals surface area contributed by atoms with Gasteiger partial charge in [0.05, 0.1) is 0 Å². The van der Waals surface area contributed by atoms with Crippen molar-refractivity contribution in [1.82, 2.24) is 4.90 Å². The molecule has 12 heteroatoms. The number of aliphatic hydroxyl groups is 2. The third kappa shape index (κ3) is 7.35. The van der Waals surface area contributed by atoms with E-state index in [9.17, 15) is 44.4 Å². The fraction of sp³-hybridized carbons (Fsp3) is 0.281. The van der Waals surface area contributed by atoms with E-state index in [1.54, 1.807) is 0 Å². The van der Waals surface area contributed by atoms with Crippen LogP contribution in [0.2, 0.25) is 0 Å². The summed E-state index contributed by atoms with van der Waals surface area (Å²) < 4.78 is 5.17. The highest BCUT2D eigenvalue weighted by Crippen LogP contribution is 2.31. The predicted octanol–water partition coefficient (Wildman–Crippen LogP) is 2.38. The predicted molar refractivity (Wildman–Crippen MR) is 157 cm³/mol. The van der Waals surface area contributed by atoms with Gasteiger partial charge in [0, 0.05) is 24.2 Å². The molecule has 0 aliphatic carbocycles. The van der Waals surface area contributed by atoms with Crippen LogP contribution in [0.1, 0.15) is 39.6 Å². The first-order valence-corrected chi connectivity index (χ1v) is 13.7. The Hall–Kier alpha value is -4.91. The lowest BCUT2D eigenvalue weighted by molar-refractivity contribution is -0.187. The van der Waals surface area contributed by atoms with Crippen LogP contribution in [-0.4, -0.2) is 85.3 Å². The Morgan fingerprint density at radius 3 is 1.57 bits per heavy atom. The average molecular weight is 607 g/mol. The number of aliphatic carboxylic acids is 2. The summed E-state index contributed by atoms with van der Waals surface area (Å²) in [5.41, 5.74) is -2.30. The second-order valence-electron chi connectivity index (χ2n) is 10.4. The van der Waals surface area contributed by atoms with Crippen molar-refractivity contribution < 1.29 is 49.1 Å². The molecule has 0 aromatic heterocycles. The number of likely N-dealkylation sites (tertiary alicyclic amines) is 1. The van der Waals surface area contributed by atoms with E-state index in [2.05, 4.69) is 24.0 Å². The molecule has 4 atom stereocenters. The van der Waals surface area contributed by atoms with Crippen LogP contribution in [0.5, 0.6) is 0 Å². The summed E-state index contributed by atoms with van der Waals surface area (Å²) in [7, 11) is 0. The van der Waals surface area contributed by atoms with Crippen LogP contribution in [-0.2, 0) is 20.9 Å². The number of amides is 1. The molecule has 0 radical (unpaired) electrons. The standard InChI is InChI=1S/C18H14O8.C14H20N2O2/c19-13(11-7-3-1-4-8-11)17(25,15(21)22)18(26,16(23)24)14(20)12-9-5-2-6-10-12;1-11-7-8-16(10-13(11)18-14(15)17)9-12-5-3-2-4-6-12/h1-10,25-26H,(H,21,22)(H,23,24);2-6,11,13H,7-10H2,1H3,(H2,15,17)/t17-,18-;11-,13+/m01/s1. The second kappa shape index (κ2) is 14.5. The number of carbonyl (C=O) groups excluding carboxylic acids is 3. The Kier molecular flexibility index (Phi) is 11.1. The van der Waals surface area contributed by atoms with E-state index >= 15 is 0 Å². The molecular weight excluding hydrogens is 572 g/mol. The Bertz CT molecular complexity index is 1390. The van der Waals surface area contributed by atoms with Crippen LogP contribution < -0.4 is 5.73 Å². The van der Waals surface area contributed by atoms with Crippen molar-refractivity contribution in [3.63, 3.8) is 0 Å². The molecule has 12 nitrogen and oxygen atoms in total. The summed E-state index contributed by atoms with van der Waals surface area (Å²) in [6.07, 6.45) is 0.276. The number of piperidine rings is 1. The monoisotopic (exact) mass is 606 g/mol. The molecule has 6 N–H and O–H groups in total. The van der Waals surface area contributed by atoms with Crippen molar-refractivity contribution in [1.29, 1.82) is 0 Å². The minimum Gasteiger partial charge on any atom is -0.479 e. The van der Waals surface area contributed by atoms with Gasteiger partial charge >= 0.3 is 18.0 Å². The minimum atomic E-state index is -3.95. The van der Waals surface area contributed by atoms with Crippen molar-refractivity contribution in [2.45, 2.75) is 37.2 Å². The van der Waals surface area contributed by atoms with E-state index in [1.807, 2.05) is 18.2 Å². The van der Waals surface area contributed by atoms with Gasteiger partial charge in [0.25, 0.3) is 11.2 Å². The quantitative estimate of drug-likeness (QED) is 0.167. The van der Waals surface area contributed by atoms with E-state index in [4.69, 9.17) is 10.5 Å². The first-order chi connectivity index (χ1) is 20.8. The molecule has 1 fully saturated rings. The van der Waals surface area contributed by atoms with E-state index < -0.39 is 51.9 Å². The average Bonchev–Trinajstić information content (AvgIpc) is 3.02. The molecule has 44 heavy (non-hydrogen) atoms. The first kappa shape index (κ1) is 33.6. The Morgan fingerprint density at radius 1 is 0.773 bits per heavy atom. The zero-order chi connectivity index (χ0) is 32.5. The molecule has 1 aliphatic heterocycles. The number of carboxylic acids is 2. The highest BCUT2D eigenvalue weighted by Gasteiger charge is 2.69. The summed E-state index contributed by atoms with van der Waals surface area (Å²) in [6.45, 7) is 4.80. The molecule has 0 unspecified atom stereocenters. The van der Waals surface area contributed by atoms with Crippen LogP contribution in [0.4, 0.5) is 4.79 Å². The normalized spacial score (nSPS) is 19.2. The van der Waals surface area contributed by atoms with Gasteiger partial charge in [-0.1, -0.05) is 97.9 Å². The van der Waals surface area contributed by atoms with E-state index in [-0.39, 0.29) is 6.10 Å². The number of benzene rings is 3. The minimum absolute atomic E-state index is 0.0834. The maximum absolute atomic E-state index is 12.6. The lowest BCUT2D eigenvalue weighted by atomic mass is 9.73. The van der Waals surface area contributed by atoms with Crippen molar-refractivity contribution in [2.75, 3.05) is 13.1 Å². The Balaban J connectivity index is 0.000000257. The summed E-state index contributed by atoms with van der Waals surface area (Å²) >= 11 is 0. The maximum atomic E-state index is 12.6. The number of nitrogens with zero attached hydrogens (tertiary/aromatic N) is 1. The van der Waals surface area contributed by atoms with Crippen molar-refractivity contribution >= 4 is 29.6 Å². The molecule has 1 aliphatic rings. The summed E-state index contributed by atoms with van der Waals surface area (Å²) in [4.78, 5) is 61.7. The number of ketones is 2. The van der Waals surface area contributed by atoms with Crippen LogP contribution in [0.15, 0.2) is 91.0 Å². The van der Waals surface area contributed by atoms with E-state index in [0.29, 0.717) is 5.92 Å². The van der Waals surface area contributed by atoms with Gasteiger partial charge < -0.3 is 30.9 Å². The molecule has 0 spiro atoms. The highest BCUT2D eigenvalue weighted by molar-refractivity contribution is 6.28. The largest absolute Gasteiger partial charge is 0.479 e. The summed E-state index contributed by atoms with van der Waals surface area (Å²) in [6, 6.07) is 23.1. The van der Waals surface area contributed by atoms with Crippen molar-refractivity contribution in [3.05, 3.63) is 108 Å². The first-order valence-electron chi connectivity index (χ1n) is 13.7. The highest BCUT2D eigenvalue weighted by atomic mass is 16.6. The maximum Gasteiger partial charge on any atom is 0.404 e. The van der Waals surface area contributed by atoms with Gasteiger partial charge in [0.1, 0.15) is 6.10 Å². The van der Waals surface area contributed by atoms with Gasteiger partial charge in [-0.25, -0.2) is 14.4 Å². The lowest BCUT2D eigenvalue weighted by Gasteiger charge is -2.36. The molecule has 232 valence electrons. The van der Waals surface area contributed by atoms with Crippen molar-refractivity contribution in [3.8, 4) is 0 Å². The molecule has 4 rings (SSSR count). The Labute approximate surface area is 253 Å². The van der Waals surface area contributed by atoms with Gasteiger partial charge in [0.2, 0.25) is 11.6 Å². The molecule has 3 aromatic carbocycles. The van der Waals surface area contributed by atoms with E-state index in [0.717, 1.165) is 50.3 Å². The second-order valence-corrected chi connectivity index (χ2v) is 10.4. The third-order valence-electron chi connectivity index (χ3n) is 7.36. The summed E-state index contributed by atoms with van der Waals surface area (Å²) in [5, 5.41) is 39.9. The molecule has 1 saturated heterocycles. The topological polar surface area (TPSA) is 205 Å². The Morgan fingerprint density at radius 2 is 1.18 bits per heavy atom. The van der Waals surface area contributed by atoms with Gasteiger partial charge in [0.15, 0.2) is 0 Å². The van der Waals surface area contributed by atoms with E-state index in [1.165, 1.54) is 42.0 Å². The number of Topliss-reactive ketones (excluding diaryl/α,β-unsaturated/α-hetero) is 2. The summed E-state index contributed by atoms with van der Waals surface area (Å²) in [5.74, 6) is -7.65. The van der Waals surface area contributed by atoms with Crippen LogP contribution >= 0.6 is 0 Å². The molecular formula is C32H34N2O10. The SMILES string of the molecule is C[C@@H]1CCN(Cc2ccccc2)C[C@@H]1OC(N)=O.O=C(O)[C@@](O)(C(=O)c1ccccc1)[C@@](O)(C(=O)O)C(=O)c1ccccc1. The van der Waals surface area contributed by atoms with Crippen LogP contribution in [0, 0.1) is 5.92 Å². The molecule has 1 heterocycles. The number of carbonyl (C=O) groups is 5. The van der Waals surface area contributed by atoms with Crippen LogP contribution in [0.3, 0.4) is 0 Å². The lowest BCUT2D eigenvalue weighted by Crippen LogP contribution is -2.71. The third-order valence-corrected chi connectivity index (χ3v) is 7.36. The number of primary amides is 1. The molecule has 0 bridgehead atoms. The zero-order valence-corrected chi connectivity index (χ0v) is 23.9. The fourth-order valence-corrected chi connectivity index (χ4v) is 4.81. The van der Waals surface area contributed by atoms with Crippen LogP contribution in [0.25, 0.3) is 0 Å². The number of rotatable bonds is 10.